The Balaban J connectivity index is 2.40. The number of ketones is 1. The molecule has 0 fully saturated rings. The highest BCUT2D eigenvalue weighted by Gasteiger charge is 2.08. The molecule has 0 aromatic carbocycles. The van der Waals surface area contributed by atoms with Gasteiger partial charge in [0, 0.05) is 31.1 Å². The lowest BCUT2D eigenvalue weighted by atomic mass is 10.1. The molecule has 0 spiro atoms. The van der Waals surface area contributed by atoms with Crippen molar-refractivity contribution in [2.24, 2.45) is 5.92 Å². The van der Waals surface area contributed by atoms with Crippen molar-refractivity contribution in [3.05, 3.63) is 12.2 Å². The Morgan fingerprint density at radius 1 is 1.47 bits per heavy atom. The van der Waals surface area contributed by atoms with Gasteiger partial charge in [-0.2, -0.15) is 5.10 Å². The number of alkyl halides is 1. The fourth-order valence-corrected chi connectivity index (χ4v) is 1.90. The SMILES string of the molecule is CC(C)Cn1ncnc1CCC(=O)CCCBr. The second-order valence-corrected chi connectivity index (χ2v) is 5.38. The first kappa shape index (κ1) is 14.4. The van der Waals surface area contributed by atoms with Gasteiger partial charge in [0.2, 0.25) is 0 Å². The minimum Gasteiger partial charge on any atom is -0.300 e. The number of halogens is 1. The van der Waals surface area contributed by atoms with E-state index in [2.05, 4.69) is 39.9 Å². The number of nitrogens with zero attached hydrogens (tertiary/aromatic N) is 3. The van der Waals surface area contributed by atoms with Crippen LogP contribution in [0.25, 0.3) is 0 Å². The maximum atomic E-state index is 11.6. The molecule has 0 amide bonds. The number of hydrogen-bond donors (Lipinski definition) is 0. The summed E-state index contributed by atoms with van der Waals surface area (Å²) in [7, 11) is 0. The Kier molecular flexibility index (Phi) is 6.40. The van der Waals surface area contributed by atoms with E-state index in [1.807, 2.05) is 4.68 Å². The van der Waals surface area contributed by atoms with Crippen LogP contribution in [0.5, 0.6) is 0 Å². The van der Waals surface area contributed by atoms with Gasteiger partial charge in [0.25, 0.3) is 0 Å². The van der Waals surface area contributed by atoms with E-state index in [9.17, 15) is 4.79 Å². The Hall–Kier alpha value is -0.710. The second kappa shape index (κ2) is 7.58. The summed E-state index contributed by atoms with van der Waals surface area (Å²) >= 11 is 3.33. The van der Waals surface area contributed by atoms with Crippen LogP contribution in [0.3, 0.4) is 0 Å². The molecule has 0 saturated heterocycles. The van der Waals surface area contributed by atoms with Crippen molar-refractivity contribution >= 4 is 21.7 Å². The second-order valence-electron chi connectivity index (χ2n) is 4.58. The number of Topliss-reactive ketones (excluding diaryl/α,β-unsaturated/α-hetero) is 1. The van der Waals surface area contributed by atoms with Crippen LogP contribution in [-0.2, 0) is 17.8 Å². The van der Waals surface area contributed by atoms with Crippen LogP contribution in [0, 0.1) is 5.92 Å². The molecular formula is C12H20BrN3O. The molecule has 17 heavy (non-hydrogen) atoms. The summed E-state index contributed by atoms with van der Waals surface area (Å²) in [6, 6.07) is 0. The molecule has 1 rings (SSSR count). The summed E-state index contributed by atoms with van der Waals surface area (Å²) in [4.78, 5) is 15.8. The molecule has 0 radical (unpaired) electrons. The van der Waals surface area contributed by atoms with Gasteiger partial charge < -0.3 is 0 Å². The molecule has 5 heteroatoms. The zero-order valence-electron chi connectivity index (χ0n) is 10.5. The fourth-order valence-electron chi connectivity index (χ4n) is 1.62. The van der Waals surface area contributed by atoms with Crippen molar-refractivity contribution in [1.82, 2.24) is 14.8 Å². The summed E-state index contributed by atoms with van der Waals surface area (Å²) in [5, 5.41) is 5.07. The number of hydrogen-bond acceptors (Lipinski definition) is 3. The van der Waals surface area contributed by atoms with Crippen LogP contribution in [0.2, 0.25) is 0 Å². The van der Waals surface area contributed by atoms with E-state index in [1.165, 1.54) is 0 Å². The van der Waals surface area contributed by atoms with Gasteiger partial charge >= 0.3 is 0 Å². The standard InChI is InChI=1S/C12H20BrN3O/c1-10(2)8-16-12(14-9-15-16)6-5-11(17)4-3-7-13/h9-10H,3-8H2,1-2H3. The first-order valence-corrected chi connectivity index (χ1v) is 7.20. The van der Waals surface area contributed by atoms with Crippen molar-refractivity contribution in [2.45, 2.75) is 46.1 Å². The highest BCUT2D eigenvalue weighted by molar-refractivity contribution is 9.09. The topological polar surface area (TPSA) is 47.8 Å². The molecule has 96 valence electrons. The summed E-state index contributed by atoms with van der Waals surface area (Å²) in [5.41, 5.74) is 0. The van der Waals surface area contributed by atoms with Crippen molar-refractivity contribution < 1.29 is 4.79 Å². The summed E-state index contributed by atoms with van der Waals surface area (Å²) in [6.45, 7) is 5.16. The molecule has 1 heterocycles. The van der Waals surface area contributed by atoms with Crippen molar-refractivity contribution in [2.75, 3.05) is 5.33 Å². The third-order valence-corrected chi connectivity index (χ3v) is 3.01. The quantitative estimate of drug-likeness (QED) is 0.694. The molecule has 4 nitrogen and oxygen atoms in total. The van der Waals surface area contributed by atoms with Crippen LogP contribution in [-0.4, -0.2) is 25.9 Å². The average Bonchev–Trinajstić information content (AvgIpc) is 2.70. The van der Waals surface area contributed by atoms with E-state index in [-0.39, 0.29) is 0 Å². The Bertz CT molecular complexity index is 349. The highest BCUT2D eigenvalue weighted by atomic mass is 79.9. The Morgan fingerprint density at radius 3 is 2.88 bits per heavy atom. The molecule has 0 N–H and O–H groups in total. The van der Waals surface area contributed by atoms with Crippen LogP contribution in [0.1, 0.15) is 38.9 Å². The van der Waals surface area contributed by atoms with Gasteiger partial charge in [-0.3, -0.25) is 4.79 Å². The largest absolute Gasteiger partial charge is 0.300 e. The lowest BCUT2D eigenvalue weighted by molar-refractivity contribution is -0.119. The number of rotatable bonds is 8. The van der Waals surface area contributed by atoms with E-state index < -0.39 is 0 Å². The van der Waals surface area contributed by atoms with Gasteiger partial charge in [0.15, 0.2) is 0 Å². The van der Waals surface area contributed by atoms with Crippen LogP contribution in [0.15, 0.2) is 6.33 Å². The van der Waals surface area contributed by atoms with Crippen LogP contribution >= 0.6 is 15.9 Å². The summed E-state index contributed by atoms with van der Waals surface area (Å²) < 4.78 is 1.91. The molecule has 0 aliphatic heterocycles. The minimum absolute atomic E-state index is 0.309. The third-order valence-electron chi connectivity index (χ3n) is 2.45. The Morgan fingerprint density at radius 2 is 2.24 bits per heavy atom. The zero-order chi connectivity index (χ0) is 12.7. The highest BCUT2D eigenvalue weighted by Crippen LogP contribution is 2.06. The molecule has 1 aromatic rings. The van der Waals surface area contributed by atoms with E-state index in [4.69, 9.17) is 0 Å². The predicted octanol–water partition coefficient (Wildman–Crippen LogP) is 2.61. The lowest BCUT2D eigenvalue weighted by Gasteiger charge is -2.07. The van der Waals surface area contributed by atoms with Crippen LogP contribution < -0.4 is 0 Å². The van der Waals surface area contributed by atoms with Gasteiger partial charge in [-0.1, -0.05) is 29.8 Å². The van der Waals surface area contributed by atoms with E-state index in [0.717, 1.165) is 24.1 Å². The van der Waals surface area contributed by atoms with Gasteiger partial charge in [0.1, 0.15) is 17.9 Å². The number of aromatic nitrogens is 3. The molecule has 0 unspecified atom stereocenters. The molecule has 1 aromatic heterocycles. The number of carbonyl (C=O) groups is 1. The molecule has 0 aliphatic carbocycles. The zero-order valence-corrected chi connectivity index (χ0v) is 12.1. The van der Waals surface area contributed by atoms with E-state index in [1.54, 1.807) is 6.33 Å². The molecule has 0 bridgehead atoms. The normalized spacial score (nSPS) is 11.1. The Labute approximate surface area is 111 Å². The number of aryl methyl sites for hydroxylation is 1. The van der Waals surface area contributed by atoms with Gasteiger partial charge in [-0.05, 0) is 12.3 Å². The van der Waals surface area contributed by atoms with E-state index >= 15 is 0 Å². The van der Waals surface area contributed by atoms with Crippen LogP contribution in [0.4, 0.5) is 0 Å². The average molecular weight is 302 g/mol. The predicted molar refractivity (Wildman–Crippen MR) is 71.2 cm³/mol. The van der Waals surface area contributed by atoms with Crippen molar-refractivity contribution in [3.8, 4) is 0 Å². The van der Waals surface area contributed by atoms with Gasteiger partial charge in [-0.15, -0.1) is 0 Å². The summed E-state index contributed by atoms with van der Waals surface area (Å²) in [5.74, 6) is 1.77. The third kappa shape index (κ3) is 5.44. The maximum absolute atomic E-state index is 11.6. The first-order valence-electron chi connectivity index (χ1n) is 6.07. The van der Waals surface area contributed by atoms with E-state index in [0.29, 0.717) is 31.0 Å². The molecule has 0 aliphatic rings. The van der Waals surface area contributed by atoms with Gasteiger partial charge in [-0.25, -0.2) is 9.67 Å². The fraction of sp³-hybridized carbons (Fsp3) is 0.750. The first-order chi connectivity index (χ1) is 8.13. The monoisotopic (exact) mass is 301 g/mol. The molecular weight excluding hydrogens is 282 g/mol. The smallest absolute Gasteiger partial charge is 0.138 e. The molecule has 0 atom stereocenters. The summed E-state index contributed by atoms with van der Waals surface area (Å²) in [6.07, 6.45) is 4.42. The maximum Gasteiger partial charge on any atom is 0.138 e. The van der Waals surface area contributed by atoms with Crippen molar-refractivity contribution in [3.63, 3.8) is 0 Å². The number of carbonyl (C=O) groups excluding carboxylic acids is 1. The lowest BCUT2D eigenvalue weighted by Crippen LogP contribution is -2.11. The van der Waals surface area contributed by atoms with Gasteiger partial charge in [0.05, 0.1) is 0 Å². The minimum atomic E-state index is 0.309. The molecule has 0 saturated carbocycles. The van der Waals surface area contributed by atoms with Crippen molar-refractivity contribution in [1.29, 1.82) is 0 Å².